The molecule has 3 heteroatoms. The number of aromatic nitrogens is 2. The summed E-state index contributed by atoms with van der Waals surface area (Å²) in [5.74, 6) is 1.04. The molecular formula is C21H21N3. The van der Waals surface area contributed by atoms with Crippen LogP contribution in [0.2, 0.25) is 0 Å². The summed E-state index contributed by atoms with van der Waals surface area (Å²) in [7, 11) is 0. The quantitative estimate of drug-likeness (QED) is 0.539. The Morgan fingerprint density at radius 3 is 2.29 bits per heavy atom. The van der Waals surface area contributed by atoms with Crippen LogP contribution < -0.4 is 5.32 Å². The van der Waals surface area contributed by atoms with Crippen molar-refractivity contribution in [1.82, 2.24) is 9.38 Å². The van der Waals surface area contributed by atoms with Crippen LogP contribution in [0, 0.1) is 0 Å². The van der Waals surface area contributed by atoms with E-state index >= 15 is 0 Å². The molecule has 0 atom stereocenters. The Balaban J connectivity index is 2.09. The van der Waals surface area contributed by atoms with E-state index in [1.165, 1.54) is 5.39 Å². The molecule has 3 nitrogen and oxygen atoms in total. The summed E-state index contributed by atoms with van der Waals surface area (Å²) in [6.45, 7) is 6.52. The molecule has 2 aromatic heterocycles. The number of fused-ring (bicyclic) bond motifs is 3. The van der Waals surface area contributed by atoms with Gasteiger partial charge < -0.3 is 5.32 Å². The summed E-state index contributed by atoms with van der Waals surface area (Å²) < 4.78 is 2.23. The number of benzene rings is 2. The van der Waals surface area contributed by atoms with Gasteiger partial charge in [-0.25, -0.2) is 4.98 Å². The van der Waals surface area contributed by atoms with Gasteiger partial charge in [0.25, 0.3) is 0 Å². The SMILES string of the molecule is CC(C)(C)Nc1c(-c2ccccc2)nc2ccc3ccccc3n12. The molecule has 0 saturated carbocycles. The fraction of sp³-hybridized carbons (Fsp3) is 0.190. The number of rotatable bonds is 2. The molecule has 0 aliphatic heterocycles. The molecule has 0 aliphatic carbocycles. The first-order valence-corrected chi connectivity index (χ1v) is 8.27. The zero-order chi connectivity index (χ0) is 16.7. The summed E-state index contributed by atoms with van der Waals surface area (Å²) in [4.78, 5) is 4.92. The van der Waals surface area contributed by atoms with Gasteiger partial charge in [0.1, 0.15) is 17.2 Å². The van der Waals surface area contributed by atoms with E-state index in [9.17, 15) is 0 Å². The Bertz CT molecular complexity index is 1010. The highest BCUT2D eigenvalue weighted by Gasteiger charge is 2.20. The number of imidazole rings is 1. The molecule has 0 spiro atoms. The molecule has 0 radical (unpaired) electrons. The Morgan fingerprint density at radius 1 is 0.833 bits per heavy atom. The summed E-state index contributed by atoms with van der Waals surface area (Å²) in [6, 6.07) is 23.0. The third kappa shape index (κ3) is 2.52. The predicted octanol–water partition coefficient (Wildman–Crippen LogP) is 5.36. The van der Waals surface area contributed by atoms with Gasteiger partial charge in [-0.3, -0.25) is 4.40 Å². The number of pyridine rings is 1. The molecule has 120 valence electrons. The highest BCUT2D eigenvalue weighted by molar-refractivity contribution is 5.87. The molecule has 4 aromatic rings. The van der Waals surface area contributed by atoms with Gasteiger partial charge in [0, 0.05) is 11.1 Å². The average molecular weight is 315 g/mol. The van der Waals surface area contributed by atoms with Crippen LogP contribution in [0.15, 0.2) is 66.7 Å². The van der Waals surface area contributed by atoms with Crippen LogP contribution in [-0.4, -0.2) is 14.9 Å². The fourth-order valence-electron chi connectivity index (χ4n) is 3.06. The fourth-order valence-corrected chi connectivity index (χ4v) is 3.06. The van der Waals surface area contributed by atoms with Crippen LogP contribution in [0.1, 0.15) is 20.8 Å². The van der Waals surface area contributed by atoms with Crippen molar-refractivity contribution < 1.29 is 0 Å². The highest BCUT2D eigenvalue weighted by Crippen LogP contribution is 2.33. The van der Waals surface area contributed by atoms with Crippen molar-refractivity contribution in [2.24, 2.45) is 0 Å². The maximum absolute atomic E-state index is 4.92. The largest absolute Gasteiger partial charge is 0.365 e. The van der Waals surface area contributed by atoms with Crippen molar-refractivity contribution in [3.63, 3.8) is 0 Å². The molecular weight excluding hydrogens is 294 g/mol. The third-order valence-electron chi connectivity index (χ3n) is 4.03. The minimum atomic E-state index is -0.0591. The molecule has 24 heavy (non-hydrogen) atoms. The number of nitrogens with zero attached hydrogens (tertiary/aromatic N) is 2. The second kappa shape index (κ2) is 5.38. The van der Waals surface area contributed by atoms with Crippen molar-refractivity contribution in [1.29, 1.82) is 0 Å². The van der Waals surface area contributed by atoms with Gasteiger partial charge in [0.05, 0.1) is 5.52 Å². The van der Waals surface area contributed by atoms with E-state index in [0.29, 0.717) is 0 Å². The Kier molecular flexibility index (Phi) is 3.31. The average Bonchev–Trinajstić information content (AvgIpc) is 2.93. The number of hydrogen-bond acceptors (Lipinski definition) is 2. The lowest BCUT2D eigenvalue weighted by Crippen LogP contribution is -2.27. The second-order valence-electron chi connectivity index (χ2n) is 7.14. The summed E-state index contributed by atoms with van der Waals surface area (Å²) in [5.41, 5.74) is 4.17. The number of anilines is 1. The number of nitrogens with one attached hydrogen (secondary N) is 1. The van der Waals surface area contributed by atoms with Gasteiger partial charge in [-0.2, -0.15) is 0 Å². The molecule has 1 N–H and O–H groups in total. The maximum Gasteiger partial charge on any atom is 0.139 e. The molecule has 2 aromatic carbocycles. The summed E-state index contributed by atoms with van der Waals surface area (Å²) >= 11 is 0. The summed E-state index contributed by atoms with van der Waals surface area (Å²) in [6.07, 6.45) is 0. The first-order valence-electron chi connectivity index (χ1n) is 8.27. The first kappa shape index (κ1) is 14.8. The third-order valence-corrected chi connectivity index (χ3v) is 4.03. The van der Waals surface area contributed by atoms with E-state index in [1.807, 2.05) is 6.07 Å². The van der Waals surface area contributed by atoms with E-state index in [1.54, 1.807) is 0 Å². The van der Waals surface area contributed by atoms with Crippen LogP contribution >= 0.6 is 0 Å². The van der Waals surface area contributed by atoms with E-state index in [2.05, 4.69) is 91.2 Å². The van der Waals surface area contributed by atoms with Gasteiger partial charge >= 0.3 is 0 Å². The predicted molar refractivity (Wildman–Crippen MR) is 102 cm³/mol. The van der Waals surface area contributed by atoms with Crippen molar-refractivity contribution in [2.75, 3.05) is 5.32 Å². The van der Waals surface area contributed by atoms with Gasteiger partial charge in [-0.15, -0.1) is 0 Å². The van der Waals surface area contributed by atoms with E-state index in [0.717, 1.165) is 28.2 Å². The Labute approximate surface area is 142 Å². The molecule has 0 bridgehead atoms. The summed E-state index contributed by atoms with van der Waals surface area (Å²) in [5, 5.41) is 4.87. The molecule has 0 amide bonds. The van der Waals surface area contributed by atoms with Crippen LogP contribution in [-0.2, 0) is 0 Å². The van der Waals surface area contributed by atoms with Gasteiger partial charge in [-0.1, -0.05) is 48.5 Å². The van der Waals surface area contributed by atoms with Crippen LogP contribution in [0.3, 0.4) is 0 Å². The monoisotopic (exact) mass is 315 g/mol. The molecule has 0 saturated heterocycles. The molecule has 2 heterocycles. The highest BCUT2D eigenvalue weighted by atomic mass is 15.2. The van der Waals surface area contributed by atoms with E-state index in [-0.39, 0.29) is 5.54 Å². The molecule has 0 aliphatic rings. The number of hydrogen-bond donors (Lipinski definition) is 1. The van der Waals surface area contributed by atoms with Gasteiger partial charge in [0.15, 0.2) is 0 Å². The van der Waals surface area contributed by atoms with Crippen molar-refractivity contribution in [3.05, 3.63) is 66.7 Å². The topological polar surface area (TPSA) is 29.3 Å². The van der Waals surface area contributed by atoms with Crippen molar-refractivity contribution in [2.45, 2.75) is 26.3 Å². The van der Waals surface area contributed by atoms with Gasteiger partial charge in [0.2, 0.25) is 0 Å². The Hall–Kier alpha value is -2.81. The smallest absolute Gasteiger partial charge is 0.139 e. The minimum Gasteiger partial charge on any atom is -0.365 e. The van der Waals surface area contributed by atoms with E-state index in [4.69, 9.17) is 4.98 Å². The molecule has 0 fully saturated rings. The van der Waals surface area contributed by atoms with E-state index < -0.39 is 0 Å². The lowest BCUT2D eigenvalue weighted by molar-refractivity contribution is 0.630. The van der Waals surface area contributed by atoms with Crippen LogP contribution in [0.25, 0.3) is 27.8 Å². The first-order chi connectivity index (χ1) is 11.5. The standard InChI is InChI=1S/C21H21N3/c1-21(2,3)23-20-19(16-10-5-4-6-11-16)22-18-14-13-15-9-7-8-12-17(15)24(18)20/h4-14,23H,1-3H3. The molecule has 0 unspecified atom stereocenters. The minimum absolute atomic E-state index is 0.0591. The normalized spacial score (nSPS) is 12.0. The maximum atomic E-state index is 4.92. The van der Waals surface area contributed by atoms with Crippen LogP contribution in [0.5, 0.6) is 0 Å². The lowest BCUT2D eigenvalue weighted by atomic mass is 10.1. The van der Waals surface area contributed by atoms with Crippen LogP contribution in [0.4, 0.5) is 5.82 Å². The zero-order valence-electron chi connectivity index (χ0n) is 14.2. The lowest BCUT2D eigenvalue weighted by Gasteiger charge is -2.23. The molecule has 4 rings (SSSR count). The van der Waals surface area contributed by atoms with Crippen molar-refractivity contribution >= 4 is 22.4 Å². The van der Waals surface area contributed by atoms with Gasteiger partial charge in [-0.05, 0) is 44.4 Å². The second-order valence-corrected chi connectivity index (χ2v) is 7.14. The zero-order valence-corrected chi connectivity index (χ0v) is 14.2. The number of para-hydroxylation sites is 1. The Morgan fingerprint density at radius 2 is 1.54 bits per heavy atom. The van der Waals surface area contributed by atoms with Crippen molar-refractivity contribution in [3.8, 4) is 11.3 Å².